The smallest absolute Gasteiger partial charge is 0.251 e. The molecule has 8 heteroatoms. The molecule has 0 saturated heterocycles. The summed E-state index contributed by atoms with van der Waals surface area (Å²) >= 11 is 0. The fourth-order valence-electron chi connectivity index (χ4n) is 2.76. The number of amides is 1. The summed E-state index contributed by atoms with van der Waals surface area (Å²) in [5.74, 6) is 0.838. The summed E-state index contributed by atoms with van der Waals surface area (Å²) in [5, 5.41) is 7.85. The van der Waals surface area contributed by atoms with E-state index in [9.17, 15) is 13.2 Å². The van der Waals surface area contributed by atoms with Crippen LogP contribution in [0, 0.1) is 0 Å². The number of rotatable bonds is 8. The minimum atomic E-state index is -3.79. The van der Waals surface area contributed by atoms with Gasteiger partial charge in [-0.3, -0.25) is 4.79 Å². The van der Waals surface area contributed by atoms with Crippen LogP contribution in [0.2, 0.25) is 0 Å². The second-order valence-electron chi connectivity index (χ2n) is 6.51. The van der Waals surface area contributed by atoms with Crippen LogP contribution < -0.4 is 19.9 Å². The number of sulfonamides is 1. The van der Waals surface area contributed by atoms with Crippen LogP contribution >= 0.6 is 0 Å². The van der Waals surface area contributed by atoms with E-state index >= 15 is 0 Å². The van der Waals surface area contributed by atoms with Gasteiger partial charge in [-0.2, -0.15) is 0 Å². The molecule has 0 heterocycles. The van der Waals surface area contributed by atoms with Gasteiger partial charge in [0.2, 0.25) is 10.0 Å². The first-order valence-electron chi connectivity index (χ1n) is 9.11. The lowest BCUT2D eigenvalue weighted by molar-refractivity contribution is 0.0950. The first-order chi connectivity index (χ1) is 14.4. The lowest BCUT2D eigenvalue weighted by Crippen LogP contribution is -2.23. The number of primary sulfonamides is 1. The summed E-state index contributed by atoms with van der Waals surface area (Å²) < 4.78 is 33.8. The van der Waals surface area contributed by atoms with Crippen molar-refractivity contribution < 1.29 is 22.7 Å². The van der Waals surface area contributed by atoms with Crippen LogP contribution in [0.4, 0.5) is 0 Å². The molecular weight excluding hydrogens is 404 g/mol. The number of methoxy groups -OCH3 is 1. The molecule has 0 unspecified atom stereocenters. The highest BCUT2D eigenvalue weighted by molar-refractivity contribution is 7.89. The topological polar surface area (TPSA) is 108 Å². The van der Waals surface area contributed by atoms with Crippen molar-refractivity contribution in [3.63, 3.8) is 0 Å². The van der Waals surface area contributed by atoms with E-state index in [1.807, 2.05) is 36.4 Å². The van der Waals surface area contributed by atoms with Crippen molar-refractivity contribution in [2.24, 2.45) is 5.14 Å². The van der Waals surface area contributed by atoms with Crippen LogP contribution in [0.15, 0.2) is 77.7 Å². The Labute approximate surface area is 175 Å². The molecule has 0 bridgehead atoms. The SMILES string of the molecule is COc1cc(CNC(=O)c2ccc(S(N)(=O)=O)cc2)ccc1OCc1ccccc1. The predicted octanol–water partition coefficient (Wildman–Crippen LogP) is 2.85. The molecule has 0 aliphatic rings. The number of benzene rings is 3. The highest BCUT2D eigenvalue weighted by Crippen LogP contribution is 2.29. The monoisotopic (exact) mass is 426 g/mol. The fraction of sp³-hybridized carbons (Fsp3) is 0.136. The third-order valence-corrected chi connectivity index (χ3v) is 5.29. The van der Waals surface area contributed by atoms with Gasteiger partial charge in [-0.25, -0.2) is 13.6 Å². The summed E-state index contributed by atoms with van der Waals surface area (Å²) in [6.07, 6.45) is 0. The molecule has 30 heavy (non-hydrogen) atoms. The zero-order chi connectivity index (χ0) is 21.6. The number of ether oxygens (including phenoxy) is 2. The molecule has 0 aliphatic heterocycles. The first kappa shape index (κ1) is 21.4. The minimum absolute atomic E-state index is 0.0464. The second kappa shape index (κ2) is 9.43. The summed E-state index contributed by atoms with van der Waals surface area (Å²) in [6, 6.07) is 20.7. The van der Waals surface area contributed by atoms with Gasteiger partial charge in [0.1, 0.15) is 6.61 Å². The quantitative estimate of drug-likeness (QED) is 0.576. The lowest BCUT2D eigenvalue weighted by Gasteiger charge is -2.13. The van der Waals surface area contributed by atoms with E-state index in [0.717, 1.165) is 11.1 Å². The summed E-state index contributed by atoms with van der Waals surface area (Å²) in [5.41, 5.74) is 2.20. The summed E-state index contributed by atoms with van der Waals surface area (Å²) in [4.78, 5) is 12.3. The van der Waals surface area contributed by atoms with Gasteiger partial charge in [0.15, 0.2) is 11.5 Å². The van der Waals surface area contributed by atoms with Gasteiger partial charge in [0.25, 0.3) is 5.91 Å². The van der Waals surface area contributed by atoms with Crippen LogP contribution in [0.3, 0.4) is 0 Å². The molecule has 0 aliphatic carbocycles. The maximum atomic E-state index is 12.3. The number of carbonyl (C=O) groups is 1. The average Bonchev–Trinajstić information content (AvgIpc) is 2.76. The van der Waals surface area contributed by atoms with Crippen LogP contribution in [-0.2, 0) is 23.2 Å². The predicted molar refractivity (Wildman–Crippen MR) is 113 cm³/mol. The van der Waals surface area contributed by atoms with Crippen molar-refractivity contribution in [1.29, 1.82) is 0 Å². The summed E-state index contributed by atoms with van der Waals surface area (Å²) in [6.45, 7) is 0.687. The number of hydrogen-bond acceptors (Lipinski definition) is 5. The molecule has 0 aromatic heterocycles. The molecule has 0 atom stereocenters. The third-order valence-electron chi connectivity index (χ3n) is 4.36. The van der Waals surface area contributed by atoms with Crippen molar-refractivity contribution in [2.75, 3.05) is 7.11 Å². The highest BCUT2D eigenvalue weighted by Gasteiger charge is 2.11. The van der Waals surface area contributed by atoms with Crippen molar-refractivity contribution in [3.8, 4) is 11.5 Å². The van der Waals surface area contributed by atoms with E-state index < -0.39 is 10.0 Å². The number of carbonyl (C=O) groups excluding carboxylic acids is 1. The Morgan fingerprint density at radius 3 is 2.27 bits per heavy atom. The van der Waals surface area contributed by atoms with E-state index in [0.29, 0.717) is 23.7 Å². The van der Waals surface area contributed by atoms with Gasteiger partial charge in [-0.05, 0) is 47.5 Å². The zero-order valence-electron chi connectivity index (χ0n) is 16.4. The Hall–Kier alpha value is -3.36. The van der Waals surface area contributed by atoms with Crippen molar-refractivity contribution >= 4 is 15.9 Å². The normalized spacial score (nSPS) is 11.0. The molecular formula is C22H22N2O5S. The van der Waals surface area contributed by atoms with Crippen molar-refractivity contribution in [1.82, 2.24) is 5.32 Å². The Balaban J connectivity index is 1.61. The molecule has 0 spiro atoms. The van der Waals surface area contributed by atoms with Crippen LogP contribution in [0.5, 0.6) is 11.5 Å². The van der Waals surface area contributed by atoms with E-state index in [-0.39, 0.29) is 17.3 Å². The van der Waals surface area contributed by atoms with Gasteiger partial charge in [-0.1, -0.05) is 36.4 Å². The second-order valence-corrected chi connectivity index (χ2v) is 8.07. The molecule has 3 rings (SSSR count). The lowest BCUT2D eigenvalue weighted by atomic mass is 10.1. The van der Waals surface area contributed by atoms with Crippen LogP contribution in [0.1, 0.15) is 21.5 Å². The third kappa shape index (κ3) is 5.59. The van der Waals surface area contributed by atoms with Crippen LogP contribution in [0.25, 0.3) is 0 Å². The zero-order valence-corrected chi connectivity index (χ0v) is 17.2. The van der Waals surface area contributed by atoms with E-state index in [1.165, 1.54) is 24.3 Å². The summed E-state index contributed by atoms with van der Waals surface area (Å²) in [7, 11) is -2.24. The van der Waals surface area contributed by atoms with E-state index in [2.05, 4.69) is 5.32 Å². The largest absolute Gasteiger partial charge is 0.493 e. The molecule has 3 aromatic rings. The molecule has 3 aromatic carbocycles. The van der Waals surface area contributed by atoms with Gasteiger partial charge in [-0.15, -0.1) is 0 Å². The maximum Gasteiger partial charge on any atom is 0.251 e. The number of hydrogen-bond donors (Lipinski definition) is 2. The van der Waals surface area contributed by atoms with E-state index in [1.54, 1.807) is 19.2 Å². The maximum absolute atomic E-state index is 12.3. The fourth-order valence-corrected chi connectivity index (χ4v) is 3.27. The van der Waals surface area contributed by atoms with E-state index in [4.69, 9.17) is 14.6 Å². The van der Waals surface area contributed by atoms with Crippen molar-refractivity contribution in [3.05, 3.63) is 89.5 Å². The number of nitrogens with one attached hydrogen (secondary N) is 1. The van der Waals surface area contributed by atoms with Gasteiger partial charge >= 0.3 is 0 Å². The van der Waals surface area contributed by atoms with Crippen LogP contribution in [-0.4, -0.2) is 21.4 Å². The molecule has 0 saturated carbocycles. The molecule has 3 N–H and O–H groups in total. The van der Waals surface area contributed by atoms with Crippen molar-refractivity contribution in [2.45, 2.75) is 18.0 Å². The molecule has 0 fully saturated rings. The Morgan fingerprint density at radius 2 is 1.63 bits per heavy atom. The standard InChI is InChI=1S/C22H22N2O5S/c1-28-21-13-17(7-12-20(21)29-15-16-5-3-2-4-6-16)14-24-22(25)18-8-10-19(11-9-18)30(23,26)27/h2-13H,14-15H2,1H3,(H,24,25)(H2,23,26,27). The first-order valence-corrected chi connectivity index (χ1v) is 10.7. The number of nitrogens with two attached hydrogens (primary N) is 1. The molecule has 0 radical (unpaired) electrons. The Kier molecular flexibility index (Phi) is 6.71. The molecule has 7 nitrogen and oxygen atoms in total. The Morgan fingerprint density at radius 1 is 0.933 bits per heavy atom. The van der Waals surface area contributed by atoms with Gasteiger partial charge in [0.05, 0.1) is 12.0 Å². The minimum Gasteiger partial charge on any atom is -0.493 e. The van der Waals surface area contributed by atoms with Gasteiger partial charge < -0.3 is 14.8 Å². The molecule has 1 amide bonds. The van der Waals surface area contributed by atoms with Gasteiger partial charge in [0, 0.05) is 12.1 Å². The Bertz CT molecular complexity index is 1110. The average molecular weight is 426 g/mol. The highest BCUT2D eigenvalue weighted by atomic mass is 32.2. The molecule has 156 valence electrons.